The minimum Gasteiger partial charge on any atom is -0.519 e. The molecule has 108 valence electrons. The van der Waals surface area contributed by atoms with Gasteiger partial charge >= 0.3 is 8.56 Å². The van der Waals surface area contributed by atoms with Gasteiger partial charge in [-0.25, -0.2) is 0 Å². The van der Waals surface area contributed by atoms with Crippen molar-refractivity contribution in [1.29, 1.82) is 0 Å². The smallest absolute Gasteiger partial charge is 0.392 e. The molecule has 2 nitrogen and oxygen atoms in total. The Hall–Kier alpha value is -0.223. The number of hydrogen-bond acceptors (Lipinski definition) is 2. The van der Waals surface area contributed by atoms with Gasteiger partial charge in [-0.15, -0.1) is 0 Å². The molecule has 19 heavy (non-hydrogen) atoms. The summed E-state index contributed by atoms with van der Waals surface area (Å²) in [5, 5.41) is 1.14. The van der Waals surface area contributed by atoms with Crippen molar-refractivity contribution in [3.63, 3.8) is 0 Å². The molecule has 1 aromatic carbocycles. The first-order chi connectivity index (χ1) is 8.94. The van der Waals surface area contributed by atoms with Crippen LogP contribution in [0.15, 0.2) is 18.2 Å². The molecular weight excluding hydrogens is 299 g/mol. The average Bonchev–Trinajstić information content (AvgIpc) is 2.32. The maximum absolute atomic E-state index is 6.10. The molecule has 0 radical (unpaired) electrons. The fraction of sp³-hybridized carbons (Fsp3) is 0.571. The lowest BCUT2D eigenvalue weighted by atomic mass is 10.2. The first-order valence-corrected chi connectivity index (χ1v) is 10.3. The van der Waals surface area contributed by atoms with Gasteiger partial charge in [-0.05, 0) is 37.7 Å². The van der Waals surface area contributed by atoms with Crippen molar-refractivity contribution in [2.45, 2.75) is 45.7 Å². The second kappa shape index (κ2) is 8.15. The van der Waals surface area contributed by atoms with Gasteiger partial charge in [0.2, 0.25) is 0 Å². The molecule has 0 atom stereocenters. The van der Waals surface area contributed by atoms with Gasteiger partial charge in [-0.1, -0.05) is 49.4 Å². The van der Waals surface area contributed by atoms with Crippen LogP contribution in [0.25, 0.3) is 0 Å². The number of unbranched alkanes of at least 4 members (excludes halogenated alkanes) is 3. The van der Waals surface area contributed by atoms with Crippen LogP contribution in [0.5, 0.6) is 5.75 Å². The summed E-state index contributed by atoms with van der Waals surface area (Å²) in [4.78, 5) is 0. The van der Waals surface area contributed by atoms with Crippen LogP contribution in [0.3, 0.4) is 0 Å². The third kappa shape index (κ3) is 6.66. The van der Waals surface area contributed by atoms with Gasteiger partial charge in [0.05, 0.1) is 5.02 Å². The van der Waals surface area contributed by atoms with E-state index < -0.39 is 8.56 Å². The highest BCUT2D eigenvalue weighted by molar-refractivity contribution is 6.65. The van der Waals surface area contributed by atoms with Crippen molar-refractivity contribution in [1.82, 2.24) is 0 Å². The Morgan fingerprint density at radius 1 is 1.11 bits per heavy atom. The van der Waals surface area contributed by atoms with Crippen molar-refractivity contribution in [2.24, 2.45) is 0 Å². The first kappa shape index (κ1) is 16.8. The number of benzene rings is 1. The predicted octanol–water partition coefficient (Wildman–Crippen LogP) is 5.67. The van der Waals surface area contributed by atoms with Gasteiger partial charge in [-0.2, -0.15) is 0 Å². The minimum atomic E-state index is -2.18. The molecule has 0 spiro atoms. The van der Waals surface area contributed by atoms with Crippen molar-refractivity contribution >= 4 is 31.8 Å². The minimum absolute atomic E-state index is 0.530. The summed E-state index contributed by atoms with van der Waals surface area (Å²) in [6, 6.07) is 5.25. The highest BCUT2D eigenvalue weighted by Gasteiger charge is 2.27. The lowest BCUT2D eigenvalue weighted by Gasteiger charge is -2.24. The van der Waals surface area contributed by atoms with E-state index in [-0.39, 0.29) is 0 Å². The van der Waals surface area contributed by atoms with Gasteiger partial charge in [0.1, 0.15) is 5.75 Å². The van der Waals surface area contributed by atoms with Crippen LogP contribution in [-0.2, 0) is 4.43 Å². The number of hydrogen-bond donors (Lipinski definition) is 0. The standard InChI is InChI=1S/C14H22Cl2O2Si/c1-4-5-6-7-10-17-19(2,3)18-14-9-8-12(15)11-13(14)16/h8-9,11H,4-7,10H2,1-3H3. The molecule has 0 unspecified atom stereocenters. The Morgan fingerprint density at radius 3 is 2.47 bits per heavy atom. The molecule has 0 N–H and O–H groups in total. The van der Waals surface area contributed by atoms with E-state index in [2.05, 4.69) is 6.92 Å². The van der Waals surface area contributed by atoms with Gasteiger partial charge < -0.3 is 8.85 Å². The maximum Gasteiger partial charge on any atom is 0.392 e. The summed E-state index contributed by atoms with van der Waals surface area (Å²) in [6.07, 6.45) is 4.79. The van der Waals surface area contributed by atoms with Crippen LogP contribution >= 0.6 is 23.2 Å². The third-order valence-electron chi connectivity index (χ3n) is 2.70. The second-order valence-electron chi connectivity index (χ2n) is 4.99. The van der Waals surface area contributed by atoms with E-state index in [0.717, 1.165) is 13.0 Å². The van der Waals surface area contributed by atoms with Crippen LogP contribution in [0, 0.1) is 0 Å². The fourth-order valence-electron chi connectivity index (χ4n) is 1.70. The predicted molar refractivity (Wildman–Crippen MR) is 84.7 cm³/mol. The molecule has 0 fully saturated rings. The van der Waals surface area contributed by atoms with Gasteiger partial charge in [-0.3, -0.25) is 0 Å². The molecule has 0 heterocycles. The molecule has 0 aromatic heterocycles. The highest BCUT2D eigenvalue weighted by atomic mass is 35.5. The Bertz CT molecular complexity index is 397. The Labute approximate surface area is 127 Å². The topological polar surface area (TPSA) is 18.5 Å². The van der Waals surface area contributed by atoms with Gasteiger partial charge in [0.25, 0.3) is 0 Å². The molecular formula is C14H22Cl2O2Si. The molecule has 0 aliphatic rings. The quantitative estimate of drug-likeness (QED) is 0.453. The Balaban J connectivity index is 2.44. The fourth-order valence-corrected chi connectivity index (χ4v) is 3.61. The Morgan fingerprint density at radius 2 is 1.84 bits per heavy atom. The molecule has 0 saturated heterocycles. The zero-order chi connectivity index (χ0) is 14.3. The van der Waals surface area contributed by atoms with Crippen LogP contribution in [0.1, 0.15) is 32.6 Å². The SMILES string of the molecule is CCCCCCO[Si](C)(C)Oc1ccc(Cl)cc1Cl. The molecule has 0 aliphatic heterocycles. The summed E-state index contributed by atoms with van der Waals surface area (Å²) in [6.45, 7) is 7.01. The van der Waals surface area contributed by atoms with Gasteiger partial charge in [0, 0.05) is 11.6 Å². The highest BCUT2D eigenvalue weighted by Crippen LogP contribution is 2.29. The largest absolute Gasteiger partial charge is 0.519 e. The number of halogens is 2. The van der Waals surface area contributed by atoms with E-state index >= 15 is 0 Å². The van der Waals surface area contributed by atoms with Crippen LogP contribution in [-0.4, -0.2) is 15.2 Å². The van der Waals surface area contributed by atoms with Crippen LogP contribution < -0.4 is 4.43 Å². The van der Waals surface area contributed by atoms with Crippen LogP contribution in [0.4, 0.5) is 0 Å². The summed E-state index contributed by atoms with van der Waals surface area (Å²) in [7, 11) is -2.18. The van der Waals surface area contributed by atoms with Crippen molar-refractivity contribution < 1.29 is 8.85 Å². The Kier molecular flexibility index (Phi) is 7.22. The van der Waals surface area contributed by atoms with Crippen molar-refractivity contribution in [3.8, 4) is 5.75 Å². The van der Waals surface area contributed by atoms with Gasteiger partial charge in [0.15, 0.2) is 0 Å². The van der Waals surface area contributed by atoms with Crippen molar-refractivity contribution in [2.75, 3.05) is 6.61 Å². The summed E-state index contributed by atoms with van der Waals surface area (Å²) in [5.74, 6) is 0.649. The van der Waals surface area contributed by atoms with E-state index in [1.807, 2.05) is 13.1 Å². The van der Waals surface area contributed by atoms with E-state index in [1.54, 1.807) is 18.2 Å². The summed E-state index contributed by atoms with van der Waals surface area (Å²) in [5.41, 5.74) is 0. The van der Waals surface area contributed by atoms with Crippen molar-refractivity contribution in [3.05, 3.63) is 28.2 Å². The molecule has 0 bridgehead atoms. The molecule has 5 heteroatoms. The zero-order valence-electron chi connectivity index (χ0n) is 11.8. The van der Waals surface area contributed by atoms with E-state index in [4.69, 9.17) is 32.1 Å². The summed E-state index contributed by atoms with van der Waals surface area (Å²) >= 11 is 12.0. The zero-order valence-corrected chi connectivity index (χ0v) is 14.4. The van der Waals surface area contributed by atoms with E-state index in [1.165, 1.54) is 19.3 Å². The molecule has 1 rings (SSSR count). The third-order valence-corrected chi connectivity index (χ3v) is 4.84. The summed E-state index contributed by atoms with van der Waals surface area (Å²) < 4.78 is 11.8. The molecule has 1 aromatic rings. The normalized spacial score (nSPS) is 11.6. The lowest BCUT2D eigenvalue weighted by Crippen LogP contribution is -2.38. The van der Waals surface area contributed by atoms with Crippen LogP contribution in [0.2, 0.25) is 23.1 Å². The average molecular weight is 321 g/mol. The van der Waals surface area contributed by atoms with E-state index in [9.17, 15) is 0 Å². The molecule has 0 saturated carbocycles. The lowest BCUT2D eigenvalue weighted by molar-refractivity contribution is 0.241. The first-order valence-electron chi connectivity index (χ1n) is 6.72. The molecule has 0 amide bonds. The maximum atomic E-state index is 6.10. The second-order valence-corrected chi connectivity index (χ2v) is 9.12. The van der Waals surface area contributed by atoms with E-state index in [0.29, 0.717) is 15.8 Å². The monoisotopic (exact) mass is 320 g/mol. The molecule has 0 aliphatic carbocycles. The number of rotatable bonds is 8.